The molecular formula is C16H22N6O. The second-order valence-electron chi connectivity index (χ2n) is 5.86. The van der Waals surface area contributed by atoms with Crippen LogP contribution in [0.5, 0.6) is 0 Å². The summed E-state index contributed by atoms with van der Waals surface area (Å²) in [5, 5.41) is 9.83. The number of carbonyl (C=O) groups excluding carboxylic acids is 1. The standard InChI is InChI=1S/C16H22N6O/c23-15(6-1-4-13-10-19-20-11-13)21-14-5-2-9-22(12-14)16-17-7-3-8-18-16/h3,7-8,10-11,14H,1-2,4-6,9,12H2,(H,19,20)(H,21,23)/t14-/m1/s1. The maximum Gasteiger partial charge on any atom is 0.225 e. The van der Waals surface area contributed by atoms with Gasteiger partial charge < -0.3 is 10.2 Å². The maximum atomic E-state index is 12.1. The summed E-state index contributed by atoms with van der Waals surface area (Å²) in [4.78, 5) is 22.8. The number of H-pyrrole nitrogens is 1. The third kappa shape index (κ3) is 4.51. The number of nitrogens with one attached hydrogen (secondary N) is 2. The summed E-state index contributed by atoms with van der Waals surface area (Å²) in [7, 11) is 0. The van der Waals surface area contributed by atoms with Crippen molar-refractivity contribution in [2.75, 3.05) is 18.0 Å². The number of anilines is 1. The Labute approximate surface area is 135 Å². The van der Waals surface area contributed by atoms with Crippen LogP contribution in [0.15, 0.2) is 30.9 Å². The summed E-state index contributed by atoms with van der Waals surface area (Å²) < 4.78 is 0. The van der Waals surface area contributed by atoms with Gasteiger partial charge in [0, 0.05) is 44.1 Å². The Hall–Kier alpha value is -2.44. The third-order valence-corrected chi connectivity index (χ3v) is 4.05. The lowest BCUT2D eigenvalue weighted by molar-refractivity contribution is -0.121. The van der Waals surface area contributed by atoms with Crippen molar-refractivity contribution in [1.29, 1.82) is 0 Å². The SMILES string of the molecule is O=C(CCCc1cn[nH]c1)N[C@@H]1CCCN(c2ncccn2)C1. The molecule has 1 aliphatic heterocycles. The molecule has 2 N–H and O–H groups in total. The van der Waals surface area contributed by atoms with Crippen molar-refractivity contribution < 1.29 is 4.79 Å². The number of aromatic nitrogens is 4. The summed E-state index contributed by atoms with van der Waals surface area (Å²) in [5.74, 6) is 0.862. The van der Waals surface area contributed by atoms with Crippen molar-refractivity contribution in [3.8, 4) is 0 Å². The van der Waals surface area contributed by atoms with Crippen molar-refractivity contribution in [1.82, 2.24) is 25.5 Å². The van der Waals surface area contributed by atoms with Crippen LogP contribution in [0.3, 0.4) is 0 Å². The van der Waals surface area contributed by atoms with E-state index in [-0.39, 0.29) is 11.9 Å². The molecule has 1 amide bonds. The first kappa shape index (κ1) is 15.5. The van der Waals surface area contributed by atoms with Gasteiger partial charge in [0.05, 0.1) is 6.20 Å². The lowest BCUT2D eigenvalue weighted by Crippen LogP contribution is -2.48. The van der Waals surface area contributed by atoms with Crippen LogP contribution in [0.4, 0.5) is 5.95 Å². The minimum absolute atomic E-state index is 0.120. The van der Waals surface area contributed by atoms with Crippen molar-refractivity contribution in [2.45, 2.75) is 38.1 Å². The van der Waals surface area contributed by atoms with Crippen LogP contribution in [0, 0.1) is 0 Å². The zero-order chi connectivity index (χ0) is 15.9. The number of hydrogen-bond acceptors (Lipinski definition) is 5. The Balaban J connectivity index is 1.43. The molecule has 0 radical (unpaired) electrons. The van der Waals surface area contributed by atoms with E-state index in [1.165, 1.54) is 0 Å². The normalized spacial score (nSPS) is 17.9. The smallest absolute Gasteiger partial charge is 0.225 e. The van der Waals surface area contributed by atoms with Gasteiger partial charge in [-0.3, -0.25) is 9.89 Å². The molecule has 7 heteroatoms. The van der Waals surface area contributed by atoms with Gasteiger partial charge in [-0.2, -0.15) is 5.10 Å². The van der Waals surface area contributed by atoms with Crippen LogP contribution in [-0.4, -0.2) is 45.2 Å². The van der Waals surface area contributed by atoms with Crippen LogP contribution in [0.25, 0.3) is 0 Å². The van der Waals surface area contributed by atoms with E-state index in [2.05, 4.69) is 30.4 Å². The highest BCUT2D eigenvalue weighted by molar-refractivity contribution is 5.76. The number of amides is 1. The molecule has 0 aromatic carbocycles. The van der Waals surface area contributed by atoms with Crippen molar-refractivity contribution in [3.05, 3.63) is 36.4 Å². The molecule has 2 aromatic rings. The number of rotatable bonds is 6. The minimum Gasteiger partial charge on any atom is -0.352 e. The van der Waals surface area contributed by atoms with Crippen LogP contribution in [0.1, 0.15) is 31.2 Å². The van der Waals surface area contributed by atoms with Crippen LogP contribution >= 0.6 is 0 Å². The molecule has 1 fully saturated rings. The van der Waals surface area contributed by atoms with Crippen LogP contribution in [-0.2, 0) is 11.2 Å². The molecule has 0 saturated carbocycles. The molecule has 7 nitrogen and oxygen atoms in total. The quantitative estimate of drug-likeness (QED) is 0.839. The van der Waals surface area contributed by atoms with Gasteiger partial charge in [0.2, 0.25) is 11.9 Å². The van der Waals surface area contributed by atoms with Gasteiger partial charge in [0.15, 0.2) is 0 Å². The zero-order valence-corrected chi connectivity index (χ0v) is 13.1. The largest absolute Gasteiger partial charge is 0.352 e. The molecule has 1 saturated heterocycles. The molecule has 1 aliphatic rings. The highest BCUT2D eigenvalue weighted by Gasteiger charge is 2.22. The summed E-state index contributed by atoms with van der Waals surface area (Å²) in [6, 6.07) is 1.99. The Morgan fingerprint density at radius 1 is 1.39 bits per heavy atom. The minimum atomic E-state index is 0.120. The molecule has 3 rings (SSSR count). The predicted octanol–water partition coefficient (Wildman–Crippen LogP) is 1.31. The Morgan fingerprint density at radius 3 is 3.04 bits per heavy atom. The average molecular weight is 314 g/mol. The number of aromatic amines is 1. The van der Waals surface area contributed by atoms with E-state index in [1.54, 1.807) is 18.6 Å². The van der Waals surface area contributed by atoms with Gasteiger partial charge in [-0.25, -0.2) is 9.97 Å². The van der Waals surface area contributed by atoms with E-state index in [0.717, 1.165) is 50.3 Å². The maximum absolute atomic E-state index is 12.1. The van der Waals surface area contributed by atoms with E-state index in [1.807, 2.05) is 12.3 Å². The molecule has 3 heterocycles. The van der Waals surface area contributed by atoms with E-state index in [0.29, 0.717) is 6.42 Å². The first-order chi connectivity index (χ1) is 11.3. The highest BCUT2D eigenvalue weighted by Crippen LogP contribution is 2.15. The summed E-state index contributed by atoms with van der Waals surface area (Å²) in [5.41, 5.74) is 1.14. The monoisotopic (exact) mass is 314 g/mol. The molecule has 0 aliphatic carbocycles. The van der Waals surface area contributed by atoms with Crippen LogP contribution < -0.4 is 10.2 Å². The van der Waals surface area contributed by atoms with Crippen LogP contribution in [0.2, 0.25) is 0 Å². The Kier molecular flexibility index (Phi) is 5.18. The topological polar surface area (TPSA) is 86.8 Å². The lowest BCUT2D eigenvalue weighted by atomic mass is 10.1. The predicted molar refractivity (Wildman–Crippen MR) is 86.9 cm³/mol. The van der Waals surface area contributed by atoms with Gasteiger partial charge >= 0.3 is 0 Å². The summed E-state index contributed by atoms with van der Waals surface area (Å²) in [6.45, 7) is 1.72. The van der Waals surface area contributed by atoms with E-state index in [9.17, 15) is 4.79 Å². The molecule has 0 bridgehead atoms. The van der Waals surface area contributed by atoms with E-state index < -0.39 is 0 Å². The number of nitrogens with zero attached hydrogens (tertiary/aromatic N) is 4. The van der Waals surface area contributed by atoms with E-state index >= 15 is 0 Å². The Bertz CT molecular complexity index is 600. The molecular weight excluding hydrogens is 292 g/mol. The van der Waals surface area contributed by atoms with Gasteiger partial charge in [-0.05, 0) is 37.3 Å². The molecule has 23 heavy (non-hydrogen) atoms. The average Bonchev–Trinajstić information content (AvgIpc) is 3.09. The van der Waals surface area contributed by atoms with Gasteiger partial charge in [-0.15, -0.1) is 0 Å². The molecule has 2 aromatic heterocycles. The first-order valence-corrected chi connectivity index (χ1v) is 8.10. The van der Waals surface area contributed by atoms with Gasteiger partial charge in [-0.1, -0.05) is 0 Å². The second kappa shape index (κ2) is 7.71. The second-order valence-corrected chi connectivity index (χ2v) is 5.86. The van der Waals surface area contributed by atoms with Gasteiger partial charge in [0.1, 0.15) is 0 Å². The lowest BCUT2D eigenvalue weighted by Gasteiger charge is -2.33. The first-order valence-electron chi connectivity index (χ1n) is 8.10. The van der Waals surface area contributed by atoms with Crippen molar-refractivity contribution in [3.63, 3.8) is 0 Å². The number of aryl methyl sites for hydroxylation is 1. The molecule has 122 valence electrons. The van der Waals surface area contributed by atoms with Gasteiger partial charge in [0.25, 0.3) is 0 Å². The fourth-order valence-corrected chi connectivity index (χ4v) is 2.90. The number of carbonyl (C=O) groups is 1. The zero-order valence-electron chi connectivity index (χ0n) is 13.1. The third-order valence-electron chi connectivity index (χ3n) is 4.05. The van der Waals surface area contributed by atoms with Crippen molar-refractivity contribution in [2.24, 2.45) is 0 Å². The molecule has 0 unspecified atom stereocenters. The Morgan fingerprint density at radius 2 is 2.26 bits per heavy atom. The highest BCUT2D eigenvalue weighted by atomic mass is 16.1. The molecule has 0 spiro atoms. The molecule has 1 atom stereocenters. The van der Waals surface area contributed by atoms with Crippen molar-refractivity contribution >= 4 is 11.9 Å². The number of hydrogen-bond donors (Lipinski definition) is 2. The summed E-state index contributed by atoms with van der Waals surface area (Å²) >= 11 is 0. The number of piperidine rings is 1. The summed E-state index contributed by atoms with van der Waals surface area (Å²) in [6.07, 6.45) is 11.5. The van der Waals surface area contributed by atoms with E-state index in [4.69, 9.17) is 0 Å². The fraction of sp³-hybridized carbons (Fsp3) is 0.500. The fourth-order valence-electron chi connectivity index (χ4n) is 2.90.